The number of aryl methyl sites for hydroxylation is 1. The molecule has 1 fully saturated rings. The van der Waals surface area contributed by atoms with Crippen molar-refractivity contribution in [2.75, 3.05) is 50.1 Å². The van der Waals surface area contributed by atoms with Gasteiger partial charge in [-0.2, -0.15) is 0 Å². The first-order valence-corrected chi connectivity index (χ1v) is 9.24. The van der Waals surface area contributed by atoms with Crippen LogP contribution in [0.3, 0.4) is 0 Å². The van der Waals surface area contributed by atoms with Crippen LogP contribution in [-0.2, 0) is 4.79 Å². The molecule has 0 atom stereocenters. The lowest BCUT2D eigenvalue weighted by molar-refractivity contribution is -0.892. The largest absolute Gasteiger partial charge is 0.495 e. The monoisotopic (exact) mass is 385 g/mol. The third-order valence-corrected chi connectivity index (χ3v) is 5.00. The molecule has 0 saturated carbocycles. The smallest absolute Gasteiger partial charge is 0.279 e. The van der Waals surface area contributed by atoms with E-state index >= 15 is 0 Å². The van der Waals surface area contributed by atoms with Crippen molar-refractivity contribution in [3.05, 3.63) is 58.1 Å². The van der Waals surface area contributed by atoms with Gasteiger partial charge in [0.1, 0.15) is 5.75 Å². The van der Waals surface area contributed by atoms with Crippen molar-refractivity contribution in [3.8, 4) is 5.75 Å². The number of nitro groups is 1. The van der Waals surface area contributed by atoms with E-state index in [1.54, 1.807) is 20.1 Å². The lowest BCUT2D eigenvalue weighted by atomic mass is 10.1. The molecule has 148 valence electrons. The van der Waals surface area contributed by atoms with Gasteiger partial charge in [0.15, 0.2) is 6.54 Å². The number of nitrogens with one attached hydrogen (secondary N) is 2. The summed E-state index contributed by atoms with van der Waals surface area (Å²) in [7, 11) is 1.67. The quantitative estimate of drug-likeness (QED) is 0.577. The molecular formula is C20H25N4O4+. The number of hydrogen-bond donors (Lipinski definition) is 2. The van der Waals surface area contributed by atoms with Gasteiger partial charge >= 0.3 is 0 Å². The Morgan fingerprint density at radius 1 is 1.25 bits per heavy atom. The molecule has 0 radical (unpaired) electrons. The fourth-order valence-electron chi connectivity index (χ4n) is 3.45. The molecule has 1 saturated heterocycles. The van der Waals surface area contributed by atoms with Gasteiger partial charge in [0.2, 0.25) is 0 Å². The molecule has 3 rings (SSSR count). The highest BCUT2D eigenvalue weighted by atomic mass is 16.6. The van der Waals surface area contributed by atoms with Crippen LogP contribution >= 0.6 is 0 Å². The standard InChI is InChI=1S/C20H24N4O4/c1-15-13-16(24(26)27)7-8-17(15)21-20(25)14-22-9-11-23(12-10-22)18-5-3-4-6-19(18)28-2/h3-8,13H,9-12,14H2,1-2H3,(H,21,25)/p+1. The molecule has 0 unspecified atom stereocenters. The molecule has 8 heteroatoms. The molecule has 0 spiro atoms. The highest BCUT2D eigenvalue weighted by Crippen LogP contribution is 2.27. The zero-order chi connectivity index (χ0) is 20.1. The number of rotatable bonds is 6. The van der Waals surface area contributed by atoms with Crippen LogP contribution in [0.2, 0.25) is 0 Å². The number of hydrogen-bond acceptors (Lipinski definition) is 5. The van der Waals surface area contributed by atoms with Crippen molar-refractivity contribution in [1.82, 2.24) is 0 Å². The number of quaternary nitrogens is 1. The van der Waals surface area contributed by atoms with Crippen molar-refractivity contribution in [2.45, 2.75) is 6.92 Å². The maximum Gasteiger partial charge on any atom is 0.279 e. The molecule has 1 aliphatic heterocycles. The van der Waals surface area contributed by atoms with Crippen molar-refractivity contribution in [3.63, 3.8) is 0 Å². The van der Waals surface area contributed by atoms with Gasteiger partial charge in [-0.25, -0.2) is 0 Å². The predicted octanol–water partition coefficient (Wildman–Crippen LogP) is 1.26. The summed E-state index contributed by atoms with van der Waals surface area (Å²) >= 11 is 0. The number of nitrogens with zero attached hydrogens (tertiary/aromatic N) is 2. The zero-order valence-corrected chi connectivity index (χ0v) is 16.1. The van der Waals surface area contributed by atoms with Gasteiger partial charge in [0.25, 0.3) is 11.6 Å². The number of non-ortho nitro benzene ring substituents is 1. The Hall–Kier alpha value is -3.13. The van der Waals surface area contributed by atoms with E-state index in [9.17, 15) is 14.9 Å². The molecule has 1 amide bonds. The number of amides is 1. The van der Waals surface area contributed by atoms with Crippen molar-refractivity contribution < 1.29 is 19.4 Å². The second-order valence-corrected chi connectivity index (χ2v) is 6.89. The van der Waals surface area contributed by atoms with Crippen molar-refractivity contribution >= 4 is 23.0 Å². The van der Waals surface area contributed by atoms with Crippen LogP contribution in [0.25, 0.3) is 0 Å². The van der Waals surface area contributed by atoms with E-state index in [0.29, 0.717) is 17.8 Å². The van der Waals surface area contributed by atoms with Crippen LogP contribution in [0.5, 0.6) is 5.75 Å². The van der Waals surface area contributed by atoms with Crippen molar-refractivity contribution in [2.24, 2.45) is 0 Å². The van der Waals surface area contributed by atoms with Gasteiger partial charge in [-0.15, -0.1) is 0 Å². The van der Waals surface area contributed by atoms with Crippen LogP contribution in [0.4, 0.5) is 17.1 Å². The SMILES string of the molecule is COc1ccccc1N1CC[NH+](CC(=O)Nc2ccc([N+](=O)[O-])cc2C)CC1. The Morgan fingerprint density at radius 3 is 2.61 bits per heavy atom. The van der Waals surface area contributed by atoms with Crippen molar-refractivity contribution in [1.29, 1.82) is 0 Å². The molecule has 28 heavy (non-hydrogen) atoms. The number of carbonyl (C=O) groups excluding carboxylic acids is 1. The summed E-state index contributed by atoms with van der Waals surface area (Å²) in [6, 6.07) is 12.4. The van der Waals surface area contributed by atoms with Gasteiger partial charge in [-0.05, 0) is 30.7 Å². The summed E-state index contributed by atoms with van der Waals surface area (Å²) in [5, 5.41) is 13.7. The van der Waals surface area contributed by atoms with Gasteiger partial charge in [-0.3, -0.25) is 14.9 Å². The number of benzene rings is 2. The molecule has 8 nitrogen and oxygen atoms in total. The van der Waals surface area contributed by atoms with Crippen LogP contribution in [-0.4, -0.2) is 50.7 Å². The van der Waals surface area contributed by atoms with Crippen LogP contribution in [0.15, 0.2) is 42.5 Å². The normalized spacial score (nSPS) is 14.6. The summed E-state index contributed by atoms with van der Waals surface area (Å²) in [6.07, 6.45) is 0. The molecule has 2 aromatic carbocycles. The first-order valence-electron chi connectivity index (χ1n) is 9.24. The molecule has 0 aromatic heterocycles. The zero-order valence-electron chi connectivity index (χ0n) is 16.1. The van der Waals surface area contributed by atoms with Gasteiger partial charge < -0.3 is 19.9 Å². The van der Waals surface area contributed by atoms with Crippen LogP contribution in [0.1, 0.15) is 5.56 Å². The molecule has 2 N–H and O–H groups in total. The number of methoxy groups -OCH3 is 1. The second-order valence-electron chi connectivity index (χ2n) is 6.89. The average Bonchev–Trinajstić information content (AvgIpc) is 2.70. The first kappa shape index (κ1) is 19.6. The molecule has 1 heterocycles. The minimum atomic E-state index is -0.441. The van der Waals surface area contributed by atoms with Crippen LogP contribution in [0, 0.1) is 17.0 Å². The highest BCUT2D eigenvalue weighted by Gasteiger charge is 2.24. The molecule has 0 bridgehead atoms. The summed E-state index contributed by atoms with van der Waals surface area (Å²) in [6.45, 7) is 5.52. The summed E-state index contributed by atoms with van der Waals surface area (Å²) in [4.78, 5) is 26.3. The highest BCUT2D eigenvalue weighted by molar-refractivity contribution is 5.92. The molecule has 2 aromatic rings. The fraction of sp³-hybridized carbons (Fsp3) is 0.350. The number of ether oxygens (including phenoxy) is 1. The Kier molecular flexibility index (Phi) is 6.10. The Morgan fingerprint density at radius 2 is 1.96 bits per heavy atom. The van der Waals surface area contributed by atoms with Crippen LogP contribution < -0.4 is 19.9 Å². The third kappa shape index (κ3) is 4.58. The van der Waals surface area contributed by atoms with E-state index in [1.807, 2.05) is 24.3 Å². The van der Waals surface area contributed by atoms with Gasteiger partial charge in [0.05, 0.1) is 43.9 Å². The fourth-order valence-corrected chi connectivity index (χ4v) is 3.45. The van der Waals surface area contributed by atoms with Gasteiger partial charge in [-0.1, -0.05) is 12.1 Å². The van der Waals surface area contributed by atoms with E-state index in [0.717, 1.165) is 37.6 Å². The maximum absolute atomic E-state index is 12.4. The summed E-state index contributed by atoms with van der Waals surface area (Å²) in [5.41, 5.74) is 2.39. The number of piperazine rings is 1. The average molecular weight is 385 g/mol. The number of nitro benzene ring substituents is 1. The number of anilines is 2. The molecule has 1 aliphatic rings. The third-order valence-electron chi connectivity index (χ3n) is 5.00. The minimum Gasteiger partial charge on any atom is -0.495 e. The lowest BCUT2D eigenvalue weighted by Crippen LogP contribution is -3.15. The first-order chi connectivity index (χ1) is 13.5. The lowest BCUT2D eigenvalue weighted by Gasteiger charge is -2.34. The van der Waals surface area contributed by atoms with E-state index in [1.165, 1.54) is 17.0 Å². The molecular weight excluding hydrogens is 360 g/mol. The van der Waals surface area contributed by atoms with E-state index in [4.69, 9.17) is 4.74 Å². The maximum atomic E-state index is 12.4. The minimum absolute atomic E-state index is 0.0218. The Labute approximate surface area is 163 Å². The van der Waals surface area contributed by atoms with E-state index < -0.39 is 4.92 Å². The van der Waals surface area contributed by atoms with Gasteiger partial charge in [0, 0.05) is 17.8 Å². The Bertz CT molecular complexity index is 863. The number of para-hydroxylation sites is 2. The Balaban J connectivity index is 1.53. The second kappa shape index (κ2) is 8.71. The summed E-state index contributed by atoms with van der Waals surface area (Å²) in [5.74, 6) is 0.773. The topological polar surface area (TPSA) is 89.2 Å². The number of carbonyl (C=O) groups is 1. The van der Waals surface area contributed by atoms with E-state index in [-0.39, 0.29) is 11.6 Å². The molecule has 0 aliphatic carbocycles. The predicted molar refractivity (Wildman–Crippen MR) is 107 cm³/mol. The van der Waals surface area contributed by atoms with E-state index in [2.05, 4.69) is 10.2 Å². The summed E-state index contributed by atoms with van der Waals surface area (Å²) < 4.78 is 5.44.